The van der Waals surface area contributed by atoms with Crippen molar-refractivity contribution in [3.8, 4) is 5.75 Å². The average molecular weight is 350 g/mol. The van der Waals surface area contributed by atoms with Gasteiger partial charge in [-0.2, -0.15) is 0 Å². The summed E-state index contributed by atoms with van der Waals surface area (Å²) in [4.78, 5) is 5.52. The third-order valence-corrected chi connectivity index (χ3v) is 5.02. The van der Waals surface area contributed by atoms with Crippen LogP contribution in [0.1, 0.15) is 10.4 Å². The standard InChI is InChI=1S/C17H20ClN3OS/c1-19-17(20-9-8-14-6-7-16(18)23-14)21-11-13-10-12-4-2-3-5-15(12)22-13/h2-7,13H,8-11H2,1H3,(H2,19,20,21). The lowest BCUT2D eigenvalue weighted by atomic mass is 10.1. The third kappa shape index (κ3) is 4.39. The molecule has 122 valence electrons. The van der Waals surface area contributed by atoms with E-state index in [9.17, 15) is 0 Å². The van der Waals surface area contributed by atoms with Gasteiger partial charge in [0, 0.05) is 24.9 Å². The van der Waals surface area contributed by atoms with Gasteiger partial charge in [-0.3, -0.25) is 4.99 Å². The van der Waals surface area contributed by atoms with E-state index in [0.717, 1.165) is 42.0 Å². The van der Waals surface area contributed by atoms with Gasteiger partial charge in [-0.25, -0.2) is 0 Å². The Bertz CT molecular complexity index is 661. The van der Waals surface area contributed by atoms with Crippen molar-refractivity contribution in [1.29, 1.82) is 0 Å². The highest BCUT2D eigenvalue weighted by atomic mass is 35.5. The first-order valence-corrected chi connectivity index (χ1v) is 8.87. The average Bonchev–Trinajstić information content (AvgIpc) is 3.16. The van der Waals surface area contributed by atoms with Crippen LogP contribution in [-0.4, -0.2) is 32.2 Å². The number of halogens is 1. The quantitative estimate of drug-likeness (QED) is 0.644. The van der Waals surface area contributed by atoms with Gasteiger partial charge >= 0.3 is 0 Å². The molecule has 2 heterocycles. The van der Waals surface area contributed by atoms with Gasteiger partial charge in [0.25, 0.3) is 0 Å². The summed E-state index contributed by atoms with van der Waals surface area (Å²) in [5.41, 5.74) is 1.27. The zero-order valence-corrected chi connectivity index (χ0v) is 14.6. The fraction of sp³-hybridized carbons (Fsp3) is 0.353. The number of guanidine groups is 1. The van der Waals surface area contributed by atoms with E-state index in [1.54, 1.807) is 18.4 Å². The van der Waals surface area contributed by atoms with E-state index >= 15 is 0 Å². The van der Waals surface area contributed by atoms with Crippen molar-refractivity contribution in [2.24, 2.45) is 4.99 Å². The van der Waals surface area contributed by atoms with E-state index in [4.69, 9.17) is 16.3 Å². The largest absolute Gasteiger partial charge is 0.488 e. The Balaban J connectivity index is 1.40. The van der Waals surface area contributed by atoms with Crippen LogP contribution in [0.25, 0.3) is 0 Å². The number of thiophene rings is 1. The molecule has 0 saturated carbocycles. The maximum Gasteiger partial charge on any atom is 0.191 e. The van der Waals surface area contributed by atoms with Crippen LogP contribution in [0.3, 0.4) is 0 Å². The van der Waals surface area contributed by atoms with Gasteiger partial charge in [-0.15, -0.1) is 11.3 Å². The Labute approximate surface area is 145 Å². The van der Waals surface area contributed by atoms with Crippen LogP contribution >= 0.6 is 22.9 Å². The topological polar surface area (TPSA) is 45.7 Å². The number of fused-ring (bicyclic) bond motifs is 1. The Morgan fingerprint density at radius 1 is 1.30 bits per heavy atom. The highest BCUT2D eigenvalue weighted by Gasteiger charge is 2.22. The molecule has 4 nitrogen and oxygen atoms in total. The molecule has 0 fully saturated rings. The molecule has 2 aromatic rings. The van der Waals surface area contributed by atoms with Gasteiger partial charge in [0.15, 0.2) is 5.96 Å². The Morgan fingerprint density at radius 2 is 2.17 bits per heavy atom. The Morgan fingerprint density at radius 3 is 2.91 bits per heavy atom. The van der Waals surface area contributed by atoms with E-state index in [-0.39, 0.29) is 6.10 Å². The number of para-hydroxylation sites is 1. The summed E-state index contributed by atoms with van der Waals surface area (Å²) in [5.74, 6) is 1.80. The summed E-state index contributed by atoms with van der Waals surface area (Å²) in [6.45, 7) is 1.56. The first-order chi connectivity index (χ1) is 11.2. The van der Waals surface area contributed by atoms with Crippen molar-refractivity contribution >= 4 is 28.9 Å². The lowest BCUT2D eigenvalue weighted by Crippen LogP contribution is -2.42. The number of nitrogens with zero attached hydrogens (tertiary/aromatic N) is 1. The molecule has 0 radical (unpaired) electrons. The molecule has 1 atom stereocenters. The summed E-state index contributed by atoms with van der Waals surface area (Å²) in [7, 11) is 1.78. The Hall–Kier alpha value is -1.72. The van der Waals surface area contributed by atoms with Gasteiger partial charge in [0.1, 0.15) is 11.9 Å². The minimum Gasteiger partial charge on any atom is -0.488 e. The van der Waals surface area contributed by atoms with Crippen LogP contribution in [0.4, 0.5) is 0 Å². The Kier molecular flexibility index (Phi) is 5.41. The van der Waals surface area contributed by atoms with Gasteiger partial charge in [-0.05, 0) is 30.2 Å². The highest BCUT2D eigenvalue weighted by molar-refractivity contribution is 7.16. The van der Waals surface area contributed by atoms with E-state index in [1.807, 2.05) is 18.2 Å². The molecular formula is C17H20ClN3OS. The van der Waals surface area contributed by atoms with Gasteiger partial charge in [-0.1, -0.05) is 29.8 Å². The van der Waals surface area contributed by atoms with Crippen molar-refractivity contribution in [3.63, 3.8) is 0 Å². The second-order valence-electron chi connectivity index (χ2n) is 5.39. The molecule has 6 heteroatoms. The van der Waals surface area contributed by atoms with Gasteiger partial charge in [0.2, 0.25) is 0 Å². The number of hydrogen-bond donors (Lipinski definition) is 2. The molecule has 0 aliphatic carbocycles. The molecule has 2 N–H and O–H groups in total. The highest BCUT2D eigenvalue weighted by Crippen LogP contribution is 2.27. The first kappa shape index (κ1) is 16.1. The second-order valence-corrected chi connectivity index (χ2v) is 7.19. The van der Waals surface area contributed by atoms with Gasteiger partial charge < -0.3 is 15.4 Å². The van der Waals surface area contributed by atoms with Crippen molar-refractivity contribution in [1.82, 2.24) is 10.6 Å². The number of aliphatic imine (C=N–C) groups is 1. The van der Waals surface area contributed by atoms with Crippen LogP contribution < -0.4 is 15.4 Å². The molecule has 0 spiro atoms. The van der Waals surface area contributed by atoms with Crippen LogP contribution in [0, 0.1) is 0 Å². The summed E-state index contributed by atoms with van der Waals surface area (Å²) in [6.07, 6.45) is 2.03. The predicted molar refractivity (Wildman–Crippen MR) is 97.0 cm³/mol. The molecule has 23 heavy (non-hydrogen) atoms. The van der Waals surface area contributed by atoms with Crippen LogP contribution in [0.5, 0.6) is 5.75 Å². The zero-order valence-electron chi connectivity index (χ0n) is 13.0. The lowest BCUT2D eigenvalue weighted by molar-refractivity contribution is 0.235. The van der Waals surface area contributed by atoms with E-state index in [1.165, 1.54) is 10.4 Å². The molecule has 1 aliphatic heterocycles. The molecule has 1 aromatic heterocycles. The van der Waals surface area contributed by atoms with E-state index in [2.05, 4.69) is 33.8 Å². The van der Waals surface area contributed by atoms with E-state index < -0.39 is 0 Å². The van der Waals surface area contributed by atoms with Crippen molar-refractivity contribution in [3.05, 3.63) is 51.2 Å². The second kappa shape index (κ2) is 7.70. The zero-order chi connectivity index (χ0) is 16.1. The van der Waals surface area contributed by atoms with Crippen LogP contribution in [0.2, 0.25) is 4.34 Å². The maximum absolute atomic E-state index is 5.94. The molecular weight excluding hydrogens is 330 g/mol. The fourth-order valence-corrected chi connectivity index (χ4v) is 3.68. The van der Waals surface area contributed by atoms with Crippen molar-refractivity contribution in [2.45, 2.75) is 18.9 Å². The van der Waals surface area contributed by atoms with Crippen LogP contribution in [-0.2, 0) is 12.8 Å². The van der Waals surface area contributed by atoms with Gasteiger partial charge in [0.05, 0.1) is 10.9 Å². The lowest BCUT2D eigenvalue weighted by Gasteiger charge is -2.15. The summed E-state index contributed by atoms with van der Waals surface area (Å²) >= 11 is 7.56. The number of rotatable bonds is 5. The molecule has 1 unspecified atom stereocenters. The first-order valence-electron chi connectivity index (χ1n) is 7.68. The van der Waals surface area contributed by atoms with Crippen molar-refractivity contribution in [2.75, 3.05) is 20.1 Å². The normalized spacial score (nSPS) is 16.8. The fourth-order valence-electron chi connectivity index (χ4n) is 2.59. The molecule has 1 aliphatic rings. The molecule has 0 amide bonds. The molecule has 1 aromatic carbocycles. The minimum absolute atomic E-state index is 0.155. The minimum atomic E-state index is 0.155. The number of ether oxygens (including phenoxy) is 1. The number of nitrogens with one attached hydrogen (secondary N) is 2. The number of benzene rings is 1. The number of hydrogen-bond acceptors (Lipinski definition) is 3. The molecule has 0 saturated heterocycles. The molecule has 0 bridgehead atoms. The SMILES string of the molecule is CN=C(NCCc1ccc(Cl)s1)NCC1Cc2ccccc2O1. The summed E-state index contributed by atoms with van der Waals surface area (Å²) in [5, 5.41) is 6.65. The predicted octanol–water partition coefficient (Wildman–Crippen LogP) is 3.11. The smallest absolute Gasteiger partial charge is 0.191 e. The molecule has 3 rings (SSSR count). The van der Waals surface area contributed by atoms with Crippen LogP contribution in [0.15, 0.2) is 41.4 Å². The van der Waals surface area contributed by atoms with Crippen molar-refractivity contribution < 1.29 is 4.74 Å². The monoisotopic (exact) mass is 349 g/mol. The summed E-state index contributed by atoms with van der Waals surface area (Å²) in [6, 6.07) is 12.2. The van der Waals surface area contributed by atoms with E-state index in [0.29, 0.717) is 0 Å². The summed E-state index contributed by atoms with van der Waals surface area (Å²) < 4.78 is 6.75. The maximum atomic E-state index is 5.94. The third-order valence-electron chi connectivity index (χ3n) is 3.73.